The summed E-state index contributed by atoms with van der Waals surface area (Å²) in [5.41, 5.74) is 3.58. The van der Waals surface area contributed by atoms with Crippen LogP contribution in [-0.4, -0.2) is 30.1 Å². The van der Waals surface area contributed by atoms with E-state index in [-0.39, 0.29) is 22.8 Å². The Morgan fingerprint density at radius 1 is 0.914 bits per heavy atom. The second kappa shape index (κ2) is 10.2. The predicted molar refractivity (Wildman–Crippen MR) is 135 cm³/mol. The van der Waals surface area contributed by atoms with Crippen LogP contribution in [0.1, 0.15) is 48.7 Å². The number of hydrogen-bond donors (Lipinski definition) is 1. The van der Waals surface area contributed by atoms with Crippen LogP contribution in [0.15, 0.2) is 72.8 Å². The van der Waals surface area contributed by atoms with Crippen molar-refractivity contribution in [2.45, 2.75) is 39.2 Å². The summed E-state index contributed by atoms with van der Waals surface area (Å²) in [4.78, 5) is 25.3. The summed E-state index contributed by atoms with van der Waals surface area (Å²) in [6.45, 7) is 8.04. The molecule has 1 saturated heterocycles. The van der Waals surface area contributed by atoms with Gasteiger partial charge >= 0.3 is 5.97 Å². The molecule has 1 amide bonds. The van der Waals surface area contributed by atoms with Crippen LogP contribution in [0.25, 0.3) is 0 Å². The van der Waals surface area contributed by atoms with Crippen LogP contribution in [0.5, 0.6) is 11.5 Å². The highest BCUT2D eigenvalue weighted by Crippen LogP contribution is 2.28. The number of ether oxygens (including phenoxy) is 2. The fourth-order valence-electron chi connectivity index (χ4n) is 4.04. The normalized spacial score (nSPS) is 15.8. The van der Waals surface area contributed by atoms with Gasteiger partial charge in [0.15, 0.2) is 0 Å². The highest BCUT2D eigenvalue weighted by Gasteiger charge is 2.31. The molecule has 6 heteroatoms. The van der Waals surface area contributed by atoms with Crippen molar-refractivity contribution in [1.29, 1.82) is 0 Å². The maximum absolute atomic E-state index is 12.6. The number of carbonyl (C=O) groups excluding carboxylic acids is 1. The third-order valence-electron chi connectivity index (χ3n) is 6.17. The third kappa shape index (κ3) is 6.21. The van der Waals surface area contributed by atoms with E-state index >= 15 is 0 Å². The van der Waals surface area contributed by atoms with Gasteiger partial charge < -0.3 is 19.5 Å². The van der Waals surface area contributed by atoms with Crippen LogP contribution in [0, 0.1) is 5.92 Å². The van der Waals surface area contributed by atoms with Crippen molar-refractivity contribution in [2.75, 3.05) is 18.1 Å². The molecule has 1 unspecified atom stereocenters. The number of hydrogen-bond acceptors (Lipinski definition) is 4. The average molecular weight is 474 g/mol. The first-order valence-corrected chi connectivity index (χ1v) is 11.8. The van der Waals surface area contributed by atoms with Crippen LogP contribution in [0.4, 0.5) is 5.69 Å². The fraction of sp³-hybridized carbons (Fsp3) is 0.310. The van der Waals surface area contributed by atoms with Gasteiger partial charge in [-0.3, -0.25) is 4.79 Å². The number of nitrogens with zero attached hydrogens (tertiary/aromatic N) is 1. The lowest BCUT2D eigenvalue weighted by Gasteiger charge is -2.19. The molecular weight excluding hydrogens is 442 g/mol. The van der Waals surface area contributed by atoms with Crippen LogP contribution in [-0.2, 0) is 16.8 Å². The van der Waals surface area contributed by atoms with E-state index in [1.54, 1.807) is 17.0 Å². The van der Waals surface area contributed by atoms with E-state index in [9.17, 15) is 9.59 Å². The molecule has 1 atom stereocenters. The monoisotopic (exact) mass is 473 g/mol. The fourth-order valence-corrected chi connectivity index (χ4v) is 4.04. The lowest BCUT2D eigenvalue weighted by molar-refractivity contribution is -0.117. The number of carbonyl (C=O) groups is 2. The third-order valence-corrected chi connectivity index (χ3v) is 6.17. The van der Waals surface area contributed by atoms with Gasteiger partial charge in [0.2, 0.25) is 5.91 Å². The number of benzene rings is 3. The molecule has 0 spiro atoms. The summed E-state index contributed by atoms with van der Waals surface area (Å²) >= 11 is 0. The molecule has 182 valence electrons. The largest absolute Gasteiger partial charge is 0.493 e. The van der Waals surface area contributed by atoms with Crippen molar-refractivity contribution in [3.8, 4) is 11.5 Å². The van der Waals surface area contributed by atoms with Crippen molar-refractivity contribution >= 4 is 17.6 Å². The summed E-state index contributed by atoms with van der Waals surface area (Å²) in [5, 5.41) is 8.99. The van der Waals surface area contributed by atoms with E-state index in [0.717, 1.165) is 17.0 Å². The molecule has 1 aliphatic rings. The zero-order valence-corrected chi connectivity index (χ0v) is 20.4. The lowest BCUT2D eigenvalue weighted by atomic mass is 9.87. The molecule has 1 heterocycles. The molecule has 3 aromatic rings. The summed E-state index contributed by atoms with van der Waals surface area (Å²) in [7, 11) is 0. The van der Waals surface area contributed by atoms with E-state index < -0.39 is 5.97 Å². The molecule has 4 rings (SSSR count). The first kappa shape index (κ1) is 24.3. The maximum Gasteiger partial charge on any atom is 0.335 e. The summed E-state index contributed by atoms with van der Waals surface area (Å²) in [6.07, 6.45) is 0.413. The average Bonchev–Trinajstić information content (AvgIpc) is 3.22. The standard InChI is InChI=1S/C29H31NO5/c1-29(2,3)23-8-4-20(5-9-23)18-34-26-14-10-24(11-15-26)30-17-21(16-27(30)31)19-35-25-12-6-22(7-13-25)28(32)33/h4-15,21H,16-19H2,1-3H3,(H,32,33). The van der Waals surface area contributed by atoms with Crippen molar-refractivity contribution < 1.29 is 24.2 Å². The van der Waals surface area contributed by atoms with Gasteiger partial charge in [0.25, 0.3) is 0 Å². The van der Waals surface area contributed by atoms with Gasteiger partial charge in [-0.05, 0) is 65.1 Å². The molecule has 0 radical (unpaired) electrons. The summed E-state index contributed by atoms with van der Waals surface area (Å²) in [6, 6.07) is 22.4. The number of carboxylic acids is 1. The van der Waals surface area contributed by atoms with Crippen molar-refractivity contribution in [1.82, 2.24) is 0 Å². The van der Waals surface area contributed by atoms with Gasteiger partial charge in [0.05, 0.1) is 12.2 Å². The molecule has 1 aliphatic heterocycles. The SMILES string of the molecule is CC(C)(C)c1ccc(COc2ccc(N3CC(COc4ccc(C(=O)O)cc4)CC3=O)cc2)cc1. The zero-order chi connectivity index (χ0) is 25.0. The van der Waals surface area contributed by atoms with Crippen LogP contribution in [0.2, 0.25) is 0 Å². The topological polar surface area (TPSA) is 76.1 Å². The first-order valence-electron chi connectivity index (χ1n) is 11.8. The predicted octanol–water partition coefficient (Wildman–Crippen LogP) is 5.69. The zero-order valence-electron chi connectivity index (χ0n) is 20.4. The Morgan fingerprint density at radius 2 is 1.51 bits per heavy atom. The molecule has 0 aromatic heterocycles. The Morgan fingerprint density at radius 3 is 2.11 bits per heavy atom. The lowest BCUT2D eigenvalue weighted by Crippen LogP contribution is -2.25. The maximum atomic E-state index is 12.6. The van der Waals surface area contributed by atoms with Crippen LogP contribution in [0.3, 0.4) is 0 Å². The Labute approximate surface area is 206 Å². The number of anilines is 1. The number of aromatic carboxylic acids is 1. The van der Waals surface area contributed by atoms with Gasteiger partial charge in [0, 0.05) is 24.6 Å². The molecule has 0 aliphatic carbocycles. The van der Waals surface area contributed by atoms with Crippen LogP contribution < -0.4 is 14.4 Å². The van der Waals surface area contributed by atoms with Crippen molar-refractivity contribution in [2.24, 2.45) is 5.92 Å². The van der Waals surface area contributed by atoms with E-state index in [0.29, 0.717) is 31.9 Å². The molecule has 3 aromatic carbocycles. The molecule has 0 bridgehead atoms. The van der Waals surface area contributed by atoms with Crippen LogP contribution >= 0.6 is 0 Å². The van der Waals surface area contributed by atoms with Gasteiger partial charge in [-0.2, -0.15) is 0 Å². The van der Waals surface area contributed by atoms with Crippen molar-refractivity contribution in [3.05, 3.63) is 89.5 Å². The molecular formula is C29H31NO5. The van der Waals surface area contributed by atoms with E-state index in [1.807, 2.05) is 24.3 Å². The van der Waals surface area contributed by atoms with Gasteiger partial charge in [-0.25, -0.2) is 4.79 Å². The molecule has 0 saturated carbocycles. The van der Waals surface area contributed by atoms with E-state index in [1.165, 1.54) is 17.7 Å². The van der Waals surface area contributed by atoms with Gasteiger partial charge in [-0.1, -0.05) is 45.0 Å². The van der Waals surface area contributed by atoms with Crippen molar-refractivity contribution in [3.63, 3.8) is 0 Å². The second-order valence-corrected chi connectivity index (χ2v) is 9.94. The summed E-state index contributed by atoms with van der Waals surface area (Å²) in [5.74, 6) is 0.501. The summed E-state index contributed by atoms with van der Waals surface area (Å²) < 4.78 is 11.7. The first-order chi connectivity index (χ1) is 16.7. The smallest absolute Gasteiger partial charge is 0.335 e. The number of amides is 1. The molecule has 35 heavy (non-hydrogen) atoms. The Balaban J connectivity index is 1.28. The number of carboxylic acid groups (broad SMARTS) is 1. The second-order valence-electron chi connectivity index (χ2n) is 9.94. The number of rotatable bonds is 8. The quantitative estimate of drug-likeness (QED) is 0.455. The van der Waals surface area contributed by atoms with E-state index in [2.05, 4.69) is 45.0 Å². The minimum atomic E-state index is -0.972. The molecule has 6 nitrogen and oxygen atoms in total. The minimum Gasteiger partial charge on any atom is -0.493 e. The highest BCUT2D eigenvalue weighted by atomic mass is 16.5. The van der Waals surface area contributed by atoms with Gasteiger partial charge in [0.1, 0.15) is 18.1 Å². The Bertz CT molecular complexity index is 1160. The highest BCUT2D eigenvalue weighted by molar-refractivity contribution is 5.95. The van der Waals surface area contributed by atoms with Gasteiger partial charge in [-0.15, -0.1) is 0 Å². The molecule has 1 N–H and O–H groups in total. The Hall–Kier alpha value is -3.80. The molecule has 1 fully saturated rings. The minimum absolute atomic E-state index is 0.0624. The van der Waals surface area contributed by atoms with E-state index in [4.69, 9.17) is 14.6 Å². The Kier molecular flexibility index (Phi) is 7.10.